The average molecular weight is 280 g/mol. The fourth-order valence-corrected chi connectivity index (χ4v) is 1.56. The van der Waals surface area contributed by atoms with E-state index in [1.807, 2.05) is 0 Å². The zero-order chi connectivity index (χ0) is 15.0. The first kappa shape index (κ1) is 16.1. The Labute approximate surface area is 118 Å². The lowest BCUT2D eigenvalue weighted by Gasteiger charge is -2.15. The highest BCUT2D eigenvalue weighted by molar-refractivity contribution is 5.81. The van der Waals surface area contributed by atoms with E-state index in [9.17, 15) is 9.59 Å². The van der Waals surface area contributed by atoms with Crippen molar-refractivity contribution in [3.8, 4) is 5.75 Å². The van der Waals surface area contributed by atoms with E-state index in [2.05, 4.69) is 10.3 Å². The first-order valence-electron chi connectivity index (χ1n) is 6.44. The molecule has 6 heteroatoms. The van der Waals surface area contributed by atoms with E-state index in [0.29, 0.717) is 25.2 Å². The number of hydrogen-bond donors (Lipinski definition) is 1. The Kier molecular flexibility index (Phi) is 6.66. The lowest BCUT2D eigenvalue weighted by Crippen LogP contribution is -2.37. The molecule has 1 aromatic heterocycles. The number of pyridine rings is 1. The number of nitrogens with zero attached hydrogens (tertiary/aromatic N) is 1. The fourth-order valence-electron chi connectivity index (χ4n) is 1.56. The van der Waals surface area contributed by atoms with Crippen LogP contribution < -0.4 is 10.1 Å². The van der Waals surface area contributed by atoms with Gasteiger partial charge in [-0.1, -0.05) is 0 Å². The maximum absolute atomic E-state index is 11.8. The lowest BCUT2D eigenvalue weighted by atomic mass is 10.3. The van der Waals surface area contributed by atoms with Crippen molar-refractivity contribution in [3.63, 3.8) is 0 Å². The minimum atomic E-state index is -0.694. The number of aryl methyl sites for hydroxylation is 1. The largest absolute Gasteiger partial charge is 0.479 e. The second-order valence-electron chi connectivity index (χ2n) is 4.35. The molecule has 1 rings (SSSR count). The summed E-state index contributed by atoms with van der Waals surface area (Å²) in [5.41, 5.74) is 0.917. The Balaban J connectivity index is 2.54. The summed E-state index contributed by atoms with van der Waals surface area (Å²) >= 11 is 0. The number of aromatic nitrogens is 1. The molecular formula is C14H20N2O4. The SMILES string of the molecule is COCCCNC(=O)C(C)Oc1ccc(C)nc1C=O. The number of amides is 1. The molecule has 1 N–H and O–H groups in total. The minimum absolute atomic E-state index is 0.198. The Hall–Kier alpha value is -1.95. The molecule has 1 aromatic rings. The topological polar surface area (TPSA) is 77.5 Å². The Morgan fingerprint density at radius 1 is 1.50 bits per heavy atom. The zero-order valence-corrected chi connectivity index (χ0v) is 12.0. The molecule has 0 fully saturated rings. The smallest absolute Gasteiger partial charge is 0.260 e. The number of hydrogen-bond acceptors (Lipinski definition) is 5. The molecule has 0 saturated carbocycles. The molecule has 1 heterocycles. The van der Waals surface area contributed by atoms with E-state index in [1.165, 1.54) is 0 Å². The Morgan fingerprint density at radius 3 is 2.90 bits per heavy atom. The molecule has 0 radical (unpaired) electrons. The number of methoxy groups -OCH3 is 1. The van der Waals surface area contributed by atoms with E-state index in [4.69, 9.17) is 9.47 Å². The van der Waals surface area contributed by atoms with Crippen molar-refractivity contribution in [1.29, 1.82) is 0 Å². The van der Waals surface area contributed by atoms with Gasteiger partial charge < -0.3 is 14.8 Å². The number of nitrogens with one attached hydrogen (secondary N) is 1. The molecule has 0 aliphatic rings. The summed E-state index contributed by atoms with van der Waals surface area (Å²) in [4.78, 5) is 26.8. The number of ether oxygens (including phenoxy) is 2. The first-order valence-corrected chi connectivity index (χ1v) is 6.44. The van der Waals surface area contributed by atoms with Gasteiger partial charge in [0.25, 0.3) is 5.91 Å². The molecule has 0 saturated heterocycles. The lowest BCUT2D eigenvalue weighted by molar-refractivity contribution is -0.127. The molecule has 0 bridgehead atoms. The van der Waals surface area contributed by atoms with Gasteiger partial charge in [-0.2, -0.15) is 0 Å². The minimum Gasteiger partial charge on any atom is -0.479 e. The molecule has 20 heavy (non-hydrogen) atoms. The molecular weight excluding hydrogens is 260 g/mol. The van der Waals surface area contributed by atoms with Crippen molar-refractivity contribution < 1.29 is 19.1 Å². The van der Waals surface area contributed by atoms with Gasteiger partial charge >= 0.3 is 0 Å². The molecule has 1 atom stereocenters. The highest BCUT2D eigenvalue weighted by atomic mass is 16.5. The summed E-state index contributed by atoms with van der Waals surface area (Å²) in [5, 5.41) is 2.73. The van der Waals surface area contributed by atoms with Crippen LogP contribution in [0.15, 0.2) is 12.1 Å². The Morgan fingerprint density at radius 2 is 2.25 bits per heavy atom. The first-order chi connectivity index (χ1) is 9.58. The van der Waals surface area contributed by atoms with Crippen LogP contribution in [0.5, 0.6) is 5.75 Å². The average Bonchev–Trinajstić information content (AvgIpc) is 2.45. The van der Waals surface area contributed by atoms with Gasteiger partial charge in [-0.3, -0.25) is 9.59 Å². The van der Waals surface area contributed by atoms with E-state index in [0.717, 1.165) is 12.1 Å². The maximum atomic E-state index is 11.8. The van der Waals surface area contributed by atoms with E-state index >= 15 is 0 Å². The van der Waals surface area contributed by atoms with Crippen LogP contribution in [-0.2, 0) is 9.53 Å². The summed E-state index contributed by atoms with van der Waals surface area (Å²) < 4.78 is 10.4. The fraction of sp³-hybridized carbons (Fsp3) is 0.500. The van der Waals surface area contributed by atoms with Gasteiger partial charge in [0.1, 0.15) is 11.4 Å². The molecule has 0 aliphatic carbocycles. The number of carbonyl (C=O) groups excluding carboxylic acids is 2. The standard InChI is InChI=1S/C14H20N2O4/c1-10-5-6-13(12(9-17)16-10)20-11(2)14(18)15-7-4-8-19-3/h5-6,9,11H,4,7-8H2,1-3H3,(H,15,18). The predicted octanol–water partition coefficient (Wildman–Crippen LogP) is 1.12. The van der Waals surface area contributed by atoms with Crippen LogP contribution in [0, 0.1) is 6.92 Å². The maximum Gasteiger partial charge on any atom is 0.260 e. The molecule has 1 unspecified atom stereocenters. The van der Waals surface area contributed by atoms with Crippen molar-refractivity contribution >= 4 is 12.2 Å². The van der Waals surface area contributed by atoms with Crippen molar-refractivity contribution in [2.75, 3.05) is 20.3 Å². The van der Waals surface area contributed by atoms with Gasteiger partial charge in [0.05, 0.1) is 0 Å². The van der Waals surface area contributed by atoms with Gasteiger partial charge in [-0.05, 0) is 32.4 Å². The highest BCUT2D eigenvalue weighted by Crippen LogP contribution is 2.16. The van der Waals surface area contributed by atoms with E-state index in [1.54, 1.807) is 33.1 Å². The molecule has 1 amide bonds. The van der Waals surface area contributed by atoms with Crippen LogP contribution in [-0.4, -0.2) is 43.5 Å². The summed E-state index contributed by atoms with van der Waals surface area (Å²) in [6.45, 7) is 4.52. The third-order valence-corrected chi connectivity index (χ3v) is 2.63. The normalized spacial score (nSPS) is 11.8. The highest BCUT2D eigenvalue weighted by Gasteiger charge is 2.16. The number of rotatable bonds is 8. The summed E-state index contributed by atoms with van der Waals surface area (Å²) in [6, 6.07) is 3.37. The Bertz CT molecular complexity index is 462. The monoisotopic (exact) mass is 280 g/mol. The van der Waals surface area contributed by atoms with Gasteiger partial charge in [0.15, 0.2) is 12.4 Å². The van der Waals surface area contributed by atoms with Crippen LogP contribution in [0.25, 0.3) is 0 Å². The third kappa shape index (κ3) is 4.97. The molecule has 110 valence electrons. The zero-order valence-electron chi connectivity index (χ0n) is 12.0. The second-order valence-corrected chi connectivity index (χ2v) is 4.35. The number of carbonyl (C=O) groups is 2. The number of aldehydes is 1. The van der Waals surface area contributed by atoms with Gasteiger partial charge in [0, 0.05) is 26.0 Å². The van der Waals surface area contributed by atoms with Gasteiger partial charge in [0.2, 0.25) is 0 Å². The molecule has 0 aliphatic heterocycles. The molecule has 0 spiro atoms. The van der Waals surface area contributed by atoms with Crippen LogP contribution in [0.2, 0.25) is 0 Å². The van der Waals surface area contributed by atoms with Crippen molar-refractivity contribution in [1.82, 2.24) is 10.3 Å². The van der Waals surface area contributed by atoms with E-state index in [-0.39, 0.29) is 11.6 Å². The van der Waals surface area contributed by atoms with Crippen LogP contribution in [0.3, 0.4) is 0 Å². The third-order valence-electron chi connectivity index (χ3n) is 2.63. The van der Waals surface area contributed by atoms with Crippen molar-refractivity contribution in [2.45, 2.75) is 26.4 Å². The second kappa shape index (κ2) is 8.27. The summed E-state index contributed by atoms with van der Waals surface area (Å²) in [5.74, 6) is 0.0728. The summed E-state index contributed by atoms with van der Waals surface area (Å²) in [7, 11) is 1.61. The summed E-state index contributed by atoms with van der Waals surface area (Å²) in [6.07, 6.45) is 0.660. The van der Waals surface area contributed by atoms with Crippen molar-refractivity contribution in [2.24, 2.45) is 0 Å². The predicted molar refractivity (Wildman–Crippen MR) is 74.0 cm³/mol. The van der Waals surface area contributed by atoms with E-state index < -0.39 is 6.10 Å². The van der Waals surface area contributed by atoms with Gasteiger partial charge in [-0.15, -0.1) is 0 Å². The molecule has 0 aromatic carbocycles. The quantitative estimate of drug-likeness (QED) is 0.570. The van der Waals surface area contributed by atoms with Gasteiger partial charge in [-0.25, -0.2) is 4.98 Å². The van der Waals surface area contributed by atoms with Crippen LogP contribution in [0.4, 0.5) is 0 Å². The van der Waals surface area contributed by atoms with Crippen LogP contribution in [0.1, 0.15) is 29.5 Å². The van der Waals surface area contributed by atoms with Crippen molar-refractivity contribution in [3.05, 3.63) is 23.5 Å². The molecule has 6 nitrogen and oxygen atoms in total. The van der Waals surface area contributed by atoms with Crippen LogP contribution >= 0.6 is 0 Å².